The van der Waals surface area contributed by atoms with Crippen LogP contribution >= 0.6 is 11.6 Å². The van der Waals surface area contributed by atoms with Crippen molar-refractivity contribution in [1.82, 2.24) is 9.97 Å². The van der Waals surface area contributed by atoms with E-state index >= 15 is 0 Å². The maximum absolute atomic E-state index is 13.7. The monoisotopic (exact) mass is 371 g/mol. The molecule has 1 aliphatic carbocycles. The lowest BCUT2D eigenvalue weighted by Crippen LogP contribution is -2.18. The molecule has 5 nitrogen and oxygen atoms in total. The van der Waals surface area contributed by atoms with Crippen LogP contribution < -0.4 is 5.32 Å². The predicted octanol–water partition coefficient (Wildman–Crippen LogP) is 3.86. The molecule has 3 rings (SSSR count). The van der Waals surface area contributed by atoms with Gasteiger partial charge in [0.05, 0.1) is 36.5 Å². The number of methoxy groups -OCH3 is 1. The van der Waals surface area contributed by atoms with Gasteiger partial charge in [-0.2, -0.15) is 0 Å². The van der Waals surface area contributed by atoms with Crippen molar-refractivity contribution in [1.29, 1.82) is 0 Å². The van der Waals surface area contributed by atoms with E-state index in [-0.39, 0.29) is 28.5 Å². The summed E-state index contributed by atoms with van der Waals surface area (Å²) in [4.78, 5) is 19.2. The number of carbonyl (C=O) groups excluding carboxylic acids is 1. The van der Waals surface area contributed by atoms with E-state index in [0.29, 0.717) is 0 Å². The minimum Gasteiger partial charge on any atom is -0.464 e. The van der Waals surface area contributed by atoms with Gasteiger partial charge >= 0.3 is 5.97 Å². The second-order valence-corrected chi connectivity index (χ2v) is 5.99. The van der Waals surface area contributed by atoms with Crippen LogP contribution in [-0.2, 0) is 4.74 Å². The summed E-state index contributed by atoms with van der Waals surface area (Å²) in [5, 5.41) is 2.59. The van der Waals surface area contributed by atoms with Gasteiger partial charge in [0.15, 0.2) is 5.69 Å². The van der Waals surface area contributed by atoms with Gasteiger partial charge in [-0.3, -0.25) is 0 Å². The lowest BCUT2D eigenvalue weighted by Gasteiger charge is -2.21. The summed E-state index contributed by atoms with van der Waals surface area (Å²) >= 11 is 5.95. The van der Waals surface area contributed by atoms with Gasteiger partial charge in [-0.1, -0.05) is 23.7 Å². The molecule has 2 unspecified atom stereocenters. The highest BCUT2D eigenvalue weighted by Crippen LogP contribution is 2.56. The van der Waals surface area contributed by atoms with E-state index in [1.54, 1.807) is 0 Å². The zero-order valence-corrected chi connectivity index (χ0v) is 13.7. The molecule has 1 fully saturated rings. The molecule has 132 valence electrons. The summed E-state index contributed by atoms with van der Waals surface area (Å²) in [7, 11) is 1.20. The number of nitrogens with zero attached hydrogens (tertiary/aromatic N) is 2. The molecule has 0 bridgehead atoms. The molecule has 1 aliphatic rings. The van der Waals surface area contributed by atoms with Crippen LogP contribution in [-0.4, -0.2) is 29.0 Å². The van der Waals surface area contributed by atoms with Crippen molar-refractivity contribution in [3.63, 3.8) is 0 Å². The smallest absolute Gasteiger partial charge is 0.358 e. The van der Waals surface area contributed by atoms with E-state index in [1.807, 2.05) is 0 Å². The molecule has 1 saturated carbocycles. The van der Waals surface area contributed by atoms with Crippen LogP contribution in [0.15, 0.2) is 30.6 Å². The predicted molar refractivity (Wildman–Crippen MR) is 84.2 cm³/mol. The molecule has 0 saturated heterocycles. The number of rotatable bonds is 5. The molecule has 1 aromatic heterocycles. The van der Waals surface area contributed by atoms with Crippen LogP contribution in [0.5, 0.6) is 0 Å². The average Bonchev–Trinajstić information content (AvgIpc) is 3.23. The van der Waals surface area contributed by atoms with Crippen molar-refractivity contribution in [2.45, 2.75) is 18.4 Å². The fourth-order valence-electron chi connectivity index (χ4n) is 2.52. The fourth-order valence-corrected chi connectivity index (χ4v) is 2.77. The van der Waals surface area contributed by atoms with E-state index < -0.39 is 29.7 Å². The lowest BCUT2D eigenvalue weighted by atomic mass is 10.0. The van der Waals surface area contributed by atoms with Gasteiger partial charge in [0.1, 0.15) is 11.6 Å². The Morgan fingerprint density at radius 1 is 1.40 bits per heavy atom. The van der Waals surface area contributed by atoms with Crippen molar-refractivity contribution in [3.8, 4) is 0 Å². The normalized spacial score (nSPS) is 19.2. The van der Waals surface area contributed by atoms with E-state index in [0.717, 1.165) is 12.3 Å². The Balaban J connectivity index is 1.89. The highest BCUT2D eigenvalue weighted by atomic mass is 35.5. The van der Waals surface area contributed by atoms with Crippen LogP contribution in [0.1, 0.15) is 28.5 Å². The van der Waals surface area contributed by atoms with Crippen molar-refractivity contribution in [2.24, 2.45) is 5.92 Å². The number of halogens is 4. The third-order valence-corrected chi connectivity index (χ3v) is 4.34. The lowest BCUT2D eigenvalue weighted by molar-refractivity contribution is 0.0593. The molecule has 9 heteroatoms. The Hall–Kier alpha value is -2.35. The Bertz CT molecular complexity index is 802. The second kappa shape index (κ2) is 6.51. The Kier molecular flexibility index (Phi) is 4.55. The summed E-state index contributed by atoms with van der Waals surface area (Å²) in [6.45, 7) is 0. The Labute approximate surface area is 146 Å². The first-order valence-electron chi connectivity index (χ1n) is 7.32. The number of hydrogen-bond donors (Lipinski definition) is 1. The van der Waals surface area contributed by atoms with Gasteiger partial charge in [0, 0.05) is 6.42 Å². The molecule has 1 N–H and O–H groups in total. The zero-order chi connectivity index (χ0) is 18.2. The minimum atomic E-state index is -2.87. The number of ether oxygens (including phenoxy) is 1. The van der Waals surface area contributed by atoms with Gasteiger partial charge in [0.25, 0.3) is 5.92 Å². The van der Waals surface area contributed by atoms with E-state index in [4.69, 9.17) is 11.6 Å². The van der Waals surface area contributed by atoms with Gasteiger partial charge in [0.2, 0.25) is 0 Å². The standard InChI is InChI=1S/C16H13ClF3N3O2/c1-25-15(24)11-6-22-12(7-21-11)23-14(9-5-16(9,19)20)8-3-2-4-10(18)13(8)17/h2-4,6-7,9,14H,5H2,1H3,(H,22,23). The summed E-state index contributed by atoms with van der Waals surface area (Å²) in [5.41, 5.74) is 0.188. The average molecular weight is 372 g/mol. The topological polar surface area (TPSA) is 64.1 Å². The van der Waals surface area contributed by atoms with E-state index in [2.05, 4.69) is 20.0 Å². The number of anilines is 1. The van der Waals surface area contributed by atoms with Gasteiger partial charge in [-0.25, -0.2) is 27.9 Å². The maximum Gasteiger partial charge on any atom is 0.358 e. The number of alkyl halides is 2. The van der Waals surface area contributed by atoms with Crippen molar-refractivity contribution >= 4 is 23.4 Å². The molecule has 2 aromatic rings. The number of carbonyl (C=O) groups is 1. The summed E-state index contributed by atoms with van der Waals surface area (Å²) in [5.74, 6) is -5.12. The van der Waals surface area contributed by atoms with Crippen molar-refractivity contribution in [3.05, 3.63) is 52.7 Å². The zero-order valence-electron chi connectivity index (χ0n) is 13.0. The summed E-state index contributed by atoms with van der Waals surface area (Å²) in [6, 6.07) is 3.08. The third-order valence-electron chi connectivity index (χ3n) is 3.94. The molecule has 0 radical (unpaired) electrons. The number of benzene rings is 1. The summed E-state index contributed by atoms with van der Waals surface area (Å²) < 4.78 is 45.4. The molecule has 2 atom stereocenters. The number of hydrogen-bond acceptors (Lipinski definition) is 5. The highest BCUT2D eigenvalue weighted by Gasteiger charge is 2.61. The quantitative estimate of drug-likeness (QED) is 0.808. The fraction of sp³-hybridized carbons (Fsp3) is 0.312. The van der Waals surface area contributed by atoms with Crippen LogP contribution in [0, 0.1) is 11.7 Å². The Morgan fingerprint density at radius 2 is 2.12 bits per heavy atom. The number of esters is 1. The van der Waals surface area contributed by atoms with E-state index in [1.165, 1.54) is 25.4 Å². The first-order chi connectivity index (χ1) is 11.8. The maximum atomic E-state index is 13.7. The van der Waals surface area contributed by atoms with Gasteiger partial charge < -0.3 is 10.1 Å². The molecule has 1 heterocycles. The van der Waals surface area contributed by atoms with Crippen LogP contribution in [0.2, 0.25) is 5.02 Å². The Morgan fingerprint density at radius 3 is 2.68 bits per heavy atom. The molecular formula is C16H13ClF3N3O2. The van der Waals surface area contributed by atoms with Gasteiger partial charge in [-0.05, 0) is 11.6 Å². The highest BCUT2D eigenvalue weighted by molar-refractivity contribution is 6.31. The molecular weight excluding hydrogens is 359 g/mol. The van der Waals surface area contributed by atoms with E-state index in [9.17, 15) is 18.0 Å². The van der Waals surface area contributed by atoms with Crippen molar-refractivity contribution < 1.29 is 22.7 Å². The van der Waals surface area contributed by atoms with Crippen LogP contribution in [0.25, 0.3) is 0 Å². The molecule has 25 heavy (non-hydrogen) atoms. The molecule has 0 amide bonds. The van der Waals surface area contributed by atoms with Crippen LogP contribution in [0.4, 0.5) is 19.0 Å². The first-order valence-corrected chi connectivity index (χ1v) is 7.70. The minimum absolute atomic E-state index is 0.0230. The SMILES string of the molecule is COC(=O)c1cnc(NC(c2cccc(F)c2Cl)C2CC2(F)F)cn1. The first kappa shape index (κ1) is 17.5. The second-order valence-electron chi connectivity index (χ2n) is 5.62. The van der Waals surface area contributed by atoms with Crippen LogP contribution in [0.3, 0.4) is 0 Å². The molecule has 1 aromatic carbocycles. The number of nitrogens with one attached hydrogen (secondary N) is 1. The van der Waals surface area contributed by atoms with Gasteiger partial charge in [-0.15, -0.1) is 0 Å². The van der Waals surface area contributed by atoms with Crippen molar-refractivity contribution in [2.75, 3.05) is 12.4 Å². The largest absolute Gasteiger partial charge is 0.464 e. The molecule has 0 spiro atoms. The third kappa shape index (κ3) is 3.53. The summed E-state index contributed by atoms with van der Waals surface area (Å²) in [6.07, 6.45) is 2.03. The molecule has 0 aliphatic heterocycles. The number of aromatic nitrogens is 2.